The number of carboxylic acid groups (broad SMARTS) is 1. The largest absolute Gasteiger partial charge is 0.478 e. The number of anilines is 2. The van der Waals surface area contributed by atoms with Gasteiger partial charge in [0.25, 0.3) is 5.91 Å². The van der Waals surface area contributed by atoms with Crippen LogP contribution in [0.2, 0.25) is 0 Å². The Hall–Kier alpha value is -3.39. The lowest BCUT2D eigenvalue weighted by Gasteiger charge is -2.48. The predicted octanol–water partition coefficient (Wildman–Crippen LogP) is 3.26. The lowest BCUT2D eigenvalue weighted by atomic mass is 9.83. The maximum atomic E-state index is 12.7. The van der Waals surface area contributed by atoms with E-state index in [0.29, 0.717) is 31.5 Å². The number of carbonyl (C=O) groups excluding carboxylic acids is 2. The molecule has 2 amide bonds. The average molecular weight is 465 g/mol. The SMILES string of the molecule is Cc1cccc(C(=O)Nc2ccc(N3CCC(C(N)=O)(N4CCCCC4)CC3)cc2C(=O)O)c1. The zero-order chi connectivity index (χ0) is 24.3. The highest BCUT2D eigenvalue weighted by atomic mass is 16.4. The molecule has 4 rings (SSSR count). The Morgan fingerprint density at radius 1 is 0.971 bits per heavy atom. The normalized spacial score (nSPS) is 18.3. The number of carbonyl (C=O) groups is 3. The number of aromatic carboxylic acids is 1. The molecule has 0 saturated carbocycles. The maximum absolute atomic E-state index is 12.7. The fourth-order valence-corrected chi connectivity index (χ4v) is 5.17. The quantitative estimate of drug-likeness (QED) is 0.604. The molecule has 2 aliphatic rings. The molecule has 0 spiro atoms. The summed E-state index contributed by atoms with van der Waals surface area (Å²) in [5.74, 6) is -1.74. The summed E-state index contributed by atoms with van der Waals surface area (Å²) in [6.45, 7) is 4.88. The van der Waals surface area contributed by atoms with E-state index in [1.54, 1.807) is 30.3 Å². The number of aryl methyl sites for hydroxylation is 1. The molecule has 0 atom stereocenters. The van der Waals surface area contributed by atoms with Gasteiger partial charge in [0.1, 0.15) is 5.54 Å². The second-order valence-corrected chi connectivity index (χ2v) is 9.29. The monoisotopic (exact) mass is 464 g/mol. The molecule has 2 heterocycles. The Balaban J connectivity index is 1.51. The van der Waals surface area contributed by atoms with Gasteiger partial charge in [-0.3, -0.25) is 14.5 Å². The van der Waals surface area contributed by atoms with E-state index in [2.05, 4.69) is 15.1 Å². The van der Waals surface area contributed by atoms with Crippen molar-refractivity contribution in [1.82, 2.24) is 4.90 Å². The van der Waals surface area contributed by atoms with Crippen molar-refractivity contribution in [2.75, 3.05) is 36.4 Å². The van der Waals surface area contributed by atoms with E-state index in [1.807, 2.05) is 19.1 Å². The molecule has 2 aromatic carbocycles. The van der Waals surface area contributed by atoms with Gasteiger partial charge in [-0.15, -0.1) is 0 Å². The molecule has 2 aromatic rings. The van der Waals surface area contributed by atoms with E-state index in [1.165, 1.54) is 6.42 Å². The van der Waals surface area contributed by atoms with Crippen LogP contribution in [0, 0.1) is 6.92 Å². The molecule has 0 unspecified atom stereocenters. The Kier molecular flexibility index (Phi) is 6.88. The Labute approximate surface area is 199 Å². The van der Waals surface area contributed by atoms with Crippen LogP contribution in [0.15, 0.2) is 42.5 Å². The second kappa shape index (κ2) is 9.85. The maximum Gasteiger partial charge on any atom is 0.337 e. The Morgan fingerprint density at radius 2 is 1.68 bits per heavy atom. The highest BCUT2D eigenvalue weighted by Crippen LogP contribution is 2.34. The highest BCUT2D eigenvalue weighted by molar-refractivity contribution is 6.08. The van der Waals surface area contributed by atoms with Crippen molar-refractivity contribution in [2.24, 2.45) is 5.73 Å². The first kappa shape index (κ1) is 23.8. The number of hydrogen-bond acceptors (Lipinski definition) is 5. The summed E-state index contributed by atoms with van der Waals surface area (Å²) in [5, 5.41) is 12.5. The summed E-state index contributed by atoms with van der Waals surface area (Å²) in [4.78, 5) is 41.5. The van der Waals surface area contributed by atoms with Gasteiger partial charge in [-0.2, -0.15) is 0 Å². The number of benzene rings is 2. The molecule has 0 bridgehead atoms. The molecular weight excluding hydrogens is 432 g/mol. The standard InChI is InChI=1S/C26H32N4O4/c1-18-6-5-7-19(16-18)23(31)28-22-9-8-20(17-21(22)24(32)33)29-14-10-26(11-15-29,25(27)34)30-12-3-2-4-13-30/h5-9,16-17H,2-4,10-15H2,1H3,(H2,27,34)(H,28,31)(H,32,33). The number of hydrogen-bond donors (Lipinski definition) is 3. The van der Waals surface area contributed by atoms with Gasteiger partial charge in [-0.25, -0.2) is 4.79 Å². The van der Waals surface area contributed by atoms with Gasteiger partial charge in [0.2, 0.25) is 5.91 Å². The second-order valence-electron chi connectivity index (χ2n) is 9.29. The van der Waals surface area contributed by atoms with Crippen LogP contribution < -0.4 is 16.0 Å². The van der Waals surface area contributed by atoms with E-state index in [0.717, 1.165) is 37.2 Å². The smallest absolute Gasteiger partial charge is 0.337 e. The number of likely N-dealkylation sites (tertiary alicyclic amines) is 1. The fourth-order valence-electron chi connectivity index (χ4n) is 5.17. The molecule has 4 N–H and O–H groups in total. The number of nitrogens with one attached hydrogen (secondary N) is 1. The third-order valence-corrected chi connectivity index (χ3v) is 7.14. The van der Waals surface area contributed by atoms with Crippen molar-refractivity contribution in [3.8, 4) is 0 Å². The molecule has 8 heteroatoms. The molecule has 2 aliphatic heterocycles. The van der Waals surface area contributed by atoms with E-state index >= 15 is 0 Å². The number of rotatable bonds is 6. The molecule has 0 radical (unpaired) electrons. The van der Waals surface area contributed by atoms with Crippen LogP contribution >= 0.6 is 0 Å². The average Bonchev–Trinajstić information content (AvgIpc) is 2.84. The van der Waals surface area contributed by atoms with E-state index in [-0.39, 0.29) is 23.1 Å². The minimum absolute atomic E-state index is 0.0290. The number of amides is 2. The summed E-state index contributed by atoms with van der Waals surface area (Å²) >= 11 is 0. The molecule has 2 fully saturated rings. The van der Waals surface area contributed by atoms with Gasteiger partial charge in [-0.05, 0) is 76.0 Å². The zero-order valence-electron chi connectivity index (χ0n) is 19.5. The van der Waals surface area contributed by atoms with Gasteiger partial charge in [0.15, 0.2) is 0 Å². The molecule has 2 saturated heterocycles. The molecule has 0 aromatic heterocycles. The summed E-state index contributed by atoms with van der Waals surface area (Å²) in [5.41, 5.74) is 7.70. The number of carboxylic acids is 1. The van der Waals surface area contributed by atoms with Crippen LogP contribution in [0.5, 0.6) is 0 Å². The van der Waals surface area contributed by atoms with Gasteiger partial charge in [0.05, 0.1) is 11.3 Å². The fraction of sp³-hybridized carbons (Fsp3) is 0.423. The molecule has 0 aliphatic carbocycles. The summed E-state index contributed by atoms with van der Waals surface area (Å²) in [6, 6.07) is 12.2. The minimum atomic E-state index is -1.11. The topological polar surface area (TPSA) is 116 Å². The number of piperidine rings is 2. The first-order valence-corrected chi connectivity index (χ1v) is 11.9. The van der Waals surface area contributed by atoms with Gasteiger partial charge < -0.3 is 21.1 Å². The Bertz CT molecular complexity index is 1090. The summed E-state index contributed by atoms with van der Waals surface area (Å²) in [7, 11) is 0. The van der Waals surface area contributed by atoms with E-state index in [9.17, 15) is 19.5 Å². The lowest BCUT2D eigenvalue weighted by Crippen LogP contribution is -2.63. The van der Waals surface area contributed by atoms with Crippen LogP contribution in [-0.2, 0) is 4.79 Å². The van der Waals surface area contributed by atoms with Crippen molar-refractivity contribution >= 4 is 29.2 Å². The third-order valence-electron chi connectivity index (χ3n) is 7.14. The van der Waals surface area contributed by atoms with Crippen molar-refractivity contribution in [3.63, 3.8) is 0 Å². The van der Waals surface area contributed by atoms with Crippen molar-refractivity contribution in [3.05, 3.63) is 59.2 Å². The van der Waals surface area contributed by atoms with E-state index in [4.69, 9.17) is 5.73 Å². The molecule has 8 nitrogen and oxygen atoms in total. The number of nitrogens with two attached hydrogens (primary N) is 1. The number of primary amides is 1. The molecule has 34 heavy (non-hydrogen) atoms. The van der Waals surface area contributed by atoms with Crippen molar-refractivity contribution in [1.29, 1.82) is 0 Å². The van der Waals surface area contributed by atoms with Crippen molar-refractivity contribution < 1.29 is 19.5 Å². The molecule has 180 valence electrons. The third kappa shape index (κ3) is 4.77. The number of nitrogens with zero attached hydrogens (tertiary/aromatic N) is 2. The minimum Gasteiger partial charge on any atom is -0.478 e. The van der Waals surface area contributed by atoms with Crippen LogP contribution in [-0.4, -0.2) is 59.5 Å². The first-order chi connectivity index (χ1) is 16.3. The lowest BCUT2D eigenvalue weighted by molar-refractivity contribution is -0.132. The van der Waals surface area contributed by atoms with Crippen molar-refractivity contribution in [2.45, 2.75) is 44.6 Å². The summed E-state index contributed by atoms with van der Waals surface area (Å²) in [6.07, 6.45) is 4.56. The first-order valence-electron chi connectivity index (χ1n) is 11.9. The van der Waals surface area contributed by atoms with Crippen LogP contribution in [0.3, 0.4) is 0 Å². The molecular formula is C26H32N4O4. The highest BCUT2D eigenvalue weighted by Gasteiger charge is 2.45. The predicted molar refractivity (Wildman–Crippen MR) is 131 cm³/mol. The Morgan fingerprint density at radius 3 is 2.29 bits per heavy atom. The van der Waals surface area contributed by atoms with Crippen LogP contribution in [0.1, 0.15) is 58.4 Å². The van der Waals surface area contributed by atoms with Gasteiger partial charge in [-0.1, -0.05) is 24.1 Å². The zero-order valence-corrected chi connectivity index (χ0v) is 19.5. The van der Waals surface area contributed by atoms with Crippen LogP contribution in [0.25, 0.3) is 0 Å². The van der Waals surface area contributed by atoms with Gasteiger partial charge >= 0.3 is 5.97 Å². The van der Waals surface area contributed by atoms with Crippen LogP contribution in [0.4, 0.5) is 11.4 Å². The van der Waals surface area contributed by atoms with E-state index < -0.39 is 11.5 Å². The summed E-state index contributed by atoms with van der Waals surface area (Å²) < 4.78 is 0. The van der Waals surface area contributed by atoms with Gasteiger partial charge in [0, 0.05) is 24.3 Å².